The zero-order valence-corrected chi connectivity index (χ0v) is 14.7. The highest BCUT2D eigenvalue weighted by atomic mass is 32.2. The first kappa shape index (κ1) is 18.7. The number of methoxy groups -OCH3 is 1. The van der Waals surface area contributed by atoms with Gasteiger partial charge in [-0.3, -0.25) is 0 Å². The predicted octanol–water partition coefficient (Wildman–Crippen LogP) is 1.67. The topological polar surface area (TPSA) is 103 Å². The van der Waals surface area contributed by atoms with E-state index in [0.717, 1.165) is 4.31 Å². The number of sulfonamides is 1. The fourth-order valence-corrected chi connectivity index (χ4v) is 2.76. The van der Waals surface area contributed by atoms with Crippen LogP contribution in [-0.2, 0) is 26.1 Å². The van der Waals surface area contributed by atoms with Gasteiger partial charge in [-0.2, -0.15) is 0 Å². The predicted molar refractivity (Wildman–Crippen MR) is 86.5 cm³/mol. The summed E-state index contributed by atoms with van der Waals surface area (Å²) in [7, 11) is 0.507. The molecule has 2 aromatic rings. The van der Waals surface area contributed by atoms with E-state index >= 15 is 0 Å². The van der Waals surface area contributed by atoms with Crippen molar-refractivity contribution in [3.8, 4) is 0 Å². The van der Waals surface area contributed by atoms with E-state index in [4.69, 9.17) is 9.15 Å². The molecule has 0 radical (unpaired) electrons. The Balaban J connectivity index is 2.02. The van der Waals surface area contributed by atoms with Crippen molar-refractivity contribution in [3.05, 3.63) is 53.5 Å². The summed E-state index contributed by atoms with van der Waals surface area (Å²) in [6, 6.07) is 8.28. The molecule has 25 heavy (non-hydrogen) atoms. The van der Waals surface area contributed by atoms with Gasteiger partial charge in [0.1, 0.15) is 12.4 Å². The molecule has 0 aliphatic carbocycles. The van der Waals surface area contributed by atoms with Crippen LogP contribution >= 0.6 is 0 Å². The van der Waals surface area contributed by atoms with Crippen molar-refractivity contribution in [2.24, 2.45) is 0 Å². The van der Waals surface area contributed by atoms with Gasteiger partial charge in [-0.1, -0.05) is 0 Å². The highest BCUT2D eigenvalue weighted by Crippen LogP contribution is 2.16. The molecule has 0 N–H and O–H groups in total. The molecule has 0 aliphatic rings. The number of ether oxygens (including phenoxy) is 2. The van der Waals surface area contributed by atoms with E-state index < -0.39 is 22.0 Å². The summed E-state index contributed by atoms with van der Waals surface area (Å²) in [5.41, 5.74) is 0.192. The first-order valence-corrected chi connectivity index (χ1v) is 8.56. The lowest BCUT2D eigenvalue weighted by Crippen LogP contribution is -2.22. The van der Waals surface area contributed by atoms with Crippen LogP contribution in [0.15, 0.2) is 45.7 Å². The van der Waals surface area contributed by atoms with Crippen molar-refractivity contribution in [1.82, 2.24) is 4.31 Å². The summed E-state index contributed by atoms with van der Waals surface area (Å²) in [5.74, 6) is -0.993. The van der Waals surface area contributed by atoms with E-state index in [1.165, 1.54) is 57.6 Å². The normalized spacial score (nSPS) is 11.4. The van der Waals surface area contributed by atoms with Gasteiger partial charge in [0.05, 0.1) is 17.6 Å². The molecule has 8 nitrogen and oxygen atoms in total. The Morgan fingerprint density at radius 3 is 2.24 bits per heavy atom. The van der Waals surface area contributed by atoms with E-state index in [0.29, 0.717) is 0 Å². The van der Waals surface area contributed by atoms with E-state index in [9.17, 15) is 18.0 Å². The summed E-state index contributed by atoms with van der Waals surface area (Å²) >= 11 is 0. The number of hydrogen-bond acceptors (Lipinski definition) is 7. The summed E-state index contributed by atoms with van der Waals surface area (Å²) in [6.07, 6.45) is 0. The second-order valence-corrected chi connectivity index (χ2v) is 7.30. The van der Waals surface area contributed by atoms with Crippen LogP contribution in [0.4, 0.5) is 0 Å². The lowest BCUT2D eigenvalue weighted by atomic mass is 10.2. The molecule has 0 bridgehead atoms. The van der Waals surface area contributed by atoms with Gasteiger partial charge in [0.25, 0.3) is 0 Å². The van der Waals surface area contributed by atoms with E-state index in [1.807, 2.05) is 0 Å². The third kappa shape index (κ3) is 4.25. The molecule has 1 heterocycles. The maximum absolute atomic E-state index is 12.0. The van der Waals surface area contributed by atoms with Crippen LogP contribution in [0.25, 0.3) is 0 Å². The van der Waals surface area contributed by atoms with Gasteiger partial charge >= 0.3 is 11.9 Å². The van der Waals surface area contributed by atoms with Gasteiger partial charge in [-0.25, -0.2) is 22.3 Å². The van der Waals surface area contributed by atoms with Crippen molar-refractivity contribution in [2.75, 3.05) is 21.2 Å². The lowest BCUT2D eigenvalue weighted by Gasteiger charge is -2.11. The number of benzene rings is 1. The first-order chi connectivity index (χ1) is 11.8. The van der Waals surface area contributed by atoms with Crippen molar-refractivity contribution < 1.29 is 31.9 Å². The van der Waals surface area contributed by atoms with Crippen LogP contribution in [0.5, 0.6) is 0 Å². The maximum atomic E-state index is 12.0. The largest absolute Gasteiger partial charge is 0.463 e. The van der Waals surface area contributed by atoms with Crippen LogP contribution in [0.2, 0.25) is 0 Å². The monoisotopic (exact) mass is 367 g/mol. The van der Waals surface area contributed by atoms with Crippen LogP contribution in [-0.4, -0.2) is 45.9 Å². The maximum Gasteiger partial charge on any atom is 0.373 e. The molecule has 0 spiro atoms. The molecule has 9 heteroatoms. The van der Waals surface area contributed by atoms with Gasteiger partial charge in [0.2, 0.25) is 15.8 Å². The molecule has 0 atom stereocenters. The summed E-state index contributed by atoms with van der Waals surface area (Å²) in [4.78, 5) is 23.3. The number of carbonyl (C=O) groups is 2. The first-order valence-electron chi connectivity index (χ1n) is 7.12. The van der Waals surface area contributed by atoms with Crippen molar-refractivity contribution >= 4 is 22.0 Å². The fraction of sp³-hybridized carbons (Fsp3) is 0.250. The Hall–Kier alpha value is -2.65. The van der Waals surface area contributed by atoms with Gasteiger partial charge in [-0.05, 0) is 36.4 Å². The van der Waals surface area contributed by atoms with Crippen molar-refractivity contribution in [2.45, 2.75) is 11.5 Å². The summed E-state index contributed by atoms with van der Waals surface area (Å²) in [5, 5.41) is 0. The second-order valence-electron chi connectivity index (χ2n) is 5.15. The van der Waals surface area contributed by atoms with E-state index in [-0.39, 0.29) is 28.6 Å². The quantitative estimate of drug-likeness (QED) is 0.716. The lowest BCUT2D eigenvalue weighted by molar-refractivity contribution is 0.0438. The Bertz CT molecular complexity index is 866. The number of furan rings is 1. The number of carbonyl (C=O) groups excluding carboxylic acids is 2. The molecule has 0 unspecified atom stereocenters. The molecule has 134 valence electrons. The Morgan fingerprint density at radius 2 is 1.68 bits per heavy atom. The van der Waals surface area contributed by atoms with E-state index in [1.54, 1.807) is 0 Å². The minimum absolute atomic E-state index is 0.00629. The fourth-order valence-electron chi connectivity index (χ4n) is 1.86. The highest BCUT2D eigenvalue weighted by Gasteiger charge is 2.18. The van der Waals surface area contributed by atoms with Crippen LogP contribution in [0.1, 0.15) is 26.7 Å². The van der Waals surface area contributed by atoms with Gasteiger partial charge < -0.3 is 13.9 Å². The number of hydrogen-bond donors (Lipinski definition) is 0. The van der Waals surface area contributed by atoms with Crippen LogP contribution < -0.4 is 0 Å². The van der Waals surface area contributed by atoms with E-state index in [2.05, 4.69) is 4.74 Å². The standard InChI is InChI=1S/C16H17NO7S/c1-17(2)25(20,21)13-7-4-11(5-8-13)15(18)23-10-12-6-9-14(24-12)16(19)22-3/h4-9H,10H2,1-3H3. The highest BCUT2D eigenvalue weighted by molar-refractivity contribution is 7.89. The smallest absolute Gasteiger partial charge is 0.373 e. The summed E-state index contributed by atoms with van der Waals surface area (Å²) in [6.45, 7) is -0.173. The minimum Gasteiger partial charge on any atom is -0.463 e. The van der Waals surface area contributed by atoms with Gasteiger partial charge in [-0.15, -0.1) is 0 Å². The van der Waals surface area contributed by atoms with Crippen LogP contribution in [0, 0.1) is 0 Å². The molecular weight excluding hydrogens is 350 g/mol. The third-order valence-corrected chi connectivity index (χ3v) is 5.09. The zero-order chi connectivity index (χ0) is 18.6. The van der Waals surface area contributed by atoms with Gasteiger partial charge in [0, 0.05) is 14.1 Å². The molecule has 0 amide bonds. The molecule has 0 fully saturated rings. The molecule has 2 rings (SSSR count). The SMILES string of the molecule is COC(=O)c1ccc(COC(=O)c2ccc(S(=O)(=O)N(C)C)cc2)o1. The Labute approximate surface area is 145 Å². The van der Waals surface area contributed by atoms with Crippen molar-refractivity contribution in [3.63, 3.8) is 0 Å². The second kappa shape index (κ2) is 7.49. The summed E-state index contributed by atoms with van der Waals surface area (Å²) < 4.78 is 39.8. The zero-order valence-electron chi connectivity index (χ0n) is 13.9. The Morgan fingerprint density at radius 1 is 1.04 bits per heavy atom. The molecular formula is C16H17NO7S. The van der Waals surface area contributed by atoms with Gasteiger partial charge in [0.15, 0.2) is 0 Å². The third-order valence-electron chi connectivity index (χ3n) is 3.26. The molecule has 0 saturated carbocycles. The Kier molecular flexibility index (Phi) is 5.60. The minimum atomic E-state index is -3.56. The average molecular weight is 367 g/mol. The molecule has 0 saturated heterocycles. The number of rotatable bonds is 6. The molecule has 1 aromatic heterocycles. The number of esters is 2. The van der Waals surface area contributed by atoms with Crippen molar-refractivity contribution in [1.29, 1.82) is 0 Å². The molecule has 0 aliphatic heterocycles. The average Bonchev–Trinajstić information content (AvgIpc) is 3.08. The molecule has 1 aromatic carbocycles. The van der Waals surface area contributed by atoms with Crippen LogP contribution in [0.3, 0.4) is 0 Å². The number of nitrogens with zero attached hydrogens (tertiary/aromatic N) is 1.